The predicted octanol–water partition coefficient (Wildman–Crippen LogP) is 3.24. The van der Waals surface area contributed by atoms with Gasteiger partial charge < -0.3 is 20.7 Å². The molecule has 0 aromatic heterocycles. The van der Waals surface area contributed by atoms with Crippen molar-refractivity contribution in [1.29, 1.82) is 0 Å². The molecule has 0 saturated heterocycles. The molecule has 29 heavy (non-hydrogen) atoms. The third-order valence-electron chi connectivity index (χ3n) is 3.98. The average molecular weight is 508 g/mol. The van der Waals surface area contributed by atoms with Crippen molar-refractivity contribution < 1.29 is 9.53 Å². The Hall–Kier alpha value is -2.55. The number of benzene rings is 2. The largest absolute Gasteiger partial charge is 0.489 e. The summed E-state index contributed by atoms with van der Waals surface area (Å²) in [6.07, 6.45) is 2.08. The molecular weight excluding hydrogens is 479 g/mol. The van der Waals surface area contributed by atoms with E-state index in [4.69, 9.17) is 4.74 Å². The highest BCUT2D eigenvalue weighted by Crippen LogP contribution is 2.17. The van der Waals surface area contributed by atoms with E-state index in [-0.39, 0.29) is 29.9 Å². The number of halogens is 1. The minimum Gasteiger partial charge on any atom is -0.489 e. The highest BCUT2D eigenvalue weighted by Gasteiger charge is 2.05. The molecular formula is C22H29IN4O2. The van der Waals surface area contributed by atoms with E-state index in [2.05, 4.69) is 27.5 Å². The number of nitrogens with zero attached hydrogens (tertiary/aromatic N) is 1. The van der Waals surface area contributed by atoms with Crippen molar-refractivity contribution in [2.24, 2.45) is 4.99 Å². The van der Waals surface area contributed by atoms with Crippen LogP contribution < -0.4 is 20.7 Å². The van der Waals surface area contributed by atoms with Gasteiger partial charge in [0.25, 0.3) is 0 Å². The van der Waals surface area contributed by atoms with E-state index in [0.29, 0.717) is 38.6 Å². The maximum absolute atomic E-state index is 12.0. The summed E-state index contributed by atoms with van der Waals surface area (Å²) < 4.78 is 5.66. The van der Waals surface area contributed by atoms with Gasteiger partial charge in [0.2, 0.25) is 5.91 Å². The molecule has 0 saturated carbocycles. The van der Waals surface area contributed by atoms with Gasteiger partial charge in [-0.05, 0) is 11.6 Å². The van der Waals surface area contributed by atoms with Crippen LogP contribution in [0, 0.1) is 0 Å². The molecule has 7 heteroatoms. The Balaban J connectivity index is 0.00000420. The van der Waals surface area contributed by atoms with E-state index >= 15 is 0 Å². The number of para-hydroxylation sites is 1. The van der Waals surface area contributed by atoms with Gasteiger partial charge in [-0.1, -0.05) is 61.2 Å². The van der Waals surface area contributed by atoms with Crippen molar-refractivity contribution in [3.63, 3.8) is 0 Å². The average Bonchev–Trinajstić information content (AvgIpc) is 2.74. The molecule has 3 N–H and O–H groups in total. The highest BCUT2D eigenvalue weighted by molar-refractivity contribution is 14.0. The van der Waals surface area contributed by atoms with Gasteiger partial charge >= 0.3 is 0 Å². The van der Waals surface area contributed by atoms with Crippen LogP contribution in [0.25, 0.3) is 0 Å². The molecule has 0 bridgehead atoms. The van der Waals surface area contributed by atoms with Crippen LogP contribution in [0.15, 0.2) is 72.2 Å². The summed E-state index contributed by atoms with van der Waals surface area (Å²) in [5, 5.41) is 9.30. The van der Waals surface area contributed by atoms with E-state index < -0.39 is 0 Å². The number of hydrogen-bond acceptors (Lipinski definition) is 3. The van der Waals surface area contributed by atoms with E-state index in [9.17, 15) is 4.79 Å². The summed E-state index contributed by atoms with van der Waals surface area (Å²) in [5.74, 6) is 1.44. The second kappa shape index (κ2) is 14.4. The molecule has 0 fully saturated rings. The third-order valence-corrected chi connectivity index (χ3v) is 3.98. The smallest absolute Gasteiger partial charge is 0.222 e. The maximum Gasteiger partial charge on any atom is 0.222 e. The molecule has 1 amide bonds. The fraction of sp³-hybridized carbons (Fsp3) is 0.273. The Bertz CT molecular complexity index is 781. The first kappa shape index (κ1) is 24.5. The van der Waals surface area contributed by atoms with E-state index in [1.807, 2.05) is 54.6 Å². The predicted molar refractivity (Wildman–Crippen MR) is 129 cm³/mol. The van der Waals surface area contributed by atoms with E-state index in [0.717, 1.165) is 16.9 Å². The summed E-state index contributed by atoms with van der Waals surface area (Å²) >= 11 is 0. The summed E-state index contributed by atoms with van der Waals surface area (Å²) in [6, 6.07) is 17.7. The molecule has 2 aromatic carbocycles. The molecule has 6 nitrogen and oxygen atoms in total. The van der Waals surface area contributed by atoms with Crippen molar-refractivity contribution in [3.8, 4) is 5.75 Å². The number of hydrogen-bond donors (Lipinski definition) is 3. The van der Waals surface area contributed by atoms with Crippen LogP contribution in [0.1, 0.15) is 17.5 Å². The number of guanidine groups is 1. The number of ether oxygens (including phenoxy) is 1. The molecule has 0 unspecified atom stereocenters. The Morgan fingerprint density at radius 1 is 1.03 bits per heavy atom. The van der Waals surface area contributed by atoms with E-state index in [1.165, 1.54) is 0 Å². The molecule has 0 radical (unpaired) electrons. The fourth-order valence-corrected chi connectivity index (χ4v) is 2.52. The lowest BCUT2D eigenvalue weighted by atomic mass is 10.2. The van der Waals surface area contributed by atoms with E-state index in [1.54, 1.807) is 13.1 Å². The third kappa shape index (κ3) is 9.47. The maximum atomic E-state index is 12.0. The molecule has 0 aliphatic heterocycles. The molecule has 0 heterocycles. The lowest BCUT2D eigenvalue weighted by Crippen LogP contribution is -2.39. The van der Waals surface area contributed by atoms with Crippen LogP contribution in [-0.4, -0.2) is 32.1 Å². The van der Waals surface area contributed by atoms with Gasteiger partial charge in [0.15, 0.2) is 5.96 Å². The second-order valence-electron chi connectivity index (χ2n) is 6.07. The monoisotopic (exact) mass is 508 g/mol. The number of carbonyl (C=O) groups excluding carboxylic acids is 1. The molecule has 0 atom stereocenters. The minimum atomic E-state index is -0.00465. The number of nitrogens with one attached hydrogen (secondary N) is 3. The fourth-order valence-electron chi connectivity index (χ4n) is 2.52. The topological polar surface area (TPSA) is 74.8 Å². The summed E-state index contributed by atoms with van der Waals surface area (Å²) in [6.45, 7) is 5.72. The number of carbonyl (C=O) groups is 1. The van der Waals surface area contributed by atoms with Crippen LogP contribution in [0.5, 0.6) is 5.75 Å². The van der Waals surface area contributed by atoms with Gasteiger partial charge in [-0.15, -0.1) is 24.0 Å². The minimum absolute atomic E-state index is 0. The Morgan fingerprint density at radius 2 is 1.76 bits per heavy atom. The van der Waals surface area contributed by atoms with Crippen LogP contribution in [-0.2, 0) is 17.9 Å². The molecule has 2 aromatic rings. The van der Waals surface area contributed by atoms with Gasteiger partial charge in [-0.2, -0.15) is 0 Å². The number of amides is 1. The Morgan fingerprint density at radius 3 is 2.48 bits per heavy atom. The first-order valence-corrected chi connectivity index (χ1v) is 9.29. The van der Waals surface area contributed by atoms with Crippen molar-refractivity contribution in [3.05, 3.63) is 78.4 Å². The molecule has 156 valence electrons. The van der Waals surface area contributed by atoms with Crippen molar-refractivity contribution in [2.75, 3.05) is 20.2 Å². The number of aliphatic imine (C=N–C) groups is 1. The van der Waals surface area contributed by atoms with Gasteiger partial charge in [0.05, 0.1) is 0 Å². The first-order chi connectivity index (χ1) is 13.7. The van der Waals surface area contributed by atoms with Crippen molar-refractivity contribution in [1.82, 2.24) is 16.0 Å². The Labute approximate surface area is 189 Å². The van der Waals surface area contributed by atoms with Crippen LogP contribution in [0.3, 0.4) is 0 Å². The molecule has 0 spiro atoms. The summed E-state index contributed by atoms with van der Waals surface area (Å²) in [7, 11) is 1.70. The Kier molecular flexibility index (Phi) is 12.2. The van der Waals surface area contributed by atoms with Crippen LogP contribution in [0.2, 0.25) is 0 Å². The van der Waals surface area contributed by atoms with Gasteiger partial charge in [-0.3, -0.25) is 9.79 Å². The van der Waals surface area contributed by atoms with Crippen LogP contribution >= 0.6 is 24.0 Å². The molecule has 0 aliphatic carbocycles. The second-order valence-corrected chi connectivity index (χ2v) is 6.07. The molecule has 2 rings (SSSR count). The zero-order chi connectivity index (χ0) is 20.0. The van der Waals surface area contributed by atoms with Gasteiger partial charge in [0.1, 0.15) is 12.4 Å². The normalized spacial score (nSPS) is 10.4. The van der Waals surface area contributed by atoms with Crippen molar-refractivity contribution >= 4 is 35.8 Å². The van der Waals surface area contributed by atoms with Gasteiger partial charge in [0, 0.05) is 38.7 Å². The SMILES string of the molecule is C=CCOc1ccccc1CNC(=NC)NCCC(=O)NCc1ccccc1.I. The quantitative estimate of drug-likeness (QED) is 0.200. The lowest BCUT2D eigenvalue weighted by molar-refractivity contribution is -0.121. The first-order valence-electron chi connectivity index (χ1n) is 9.29. The van der Waals surface area contributed by atoms with Gasteiger partial charge in [-0.25, -0.2) is 0 Å². The van der Waals surface area contributed by atoms with Crippen LogP contribution in [0.4, 0.5) is 0 Å². The lowest BCUT2D eigenvalue weighted by Gasteiger charge is -2.14. The number of rotatable bonds is 10. The summed E-state index contributed by atoms with van der Waals surface area (Å²) in [5.41, 5.74) is 2.10. The zero-order valence-electron chi connectivity index (χ0n) is 16.7. The zero-order valence-corrected chi connectivity index (χ0v) is 19.0. The van der Waals surface area contributed by atoms with Crippen molar-refractivity contribution in [2.45, 2.75) is 19.5 Å². The standard InChI is InChI=1S/C22H28N4O2.HI/c1-3-15-28-20-12-8-7-11-19(20)17-26-22(23-2)24-14-13-21(27)25-16-18-9-5-4-6-10-18;/h3-12H,1,13-17H2,2H3,(H,25,27)(H2,23,24,26);1H. The summed E-state index contributed by atoms with van der Waals surface area (Å²) in [4.78, 5) is 16.2. The highest BCUT2D eigenvalue weighted by atomic mass is 127. The molecule has 0 aliphatic rings.